The van der Waals surface area contributed by atoms with Gasteiger partial charge in [0.2, 0.25) is 0 Å². The van der Waals surface area contributed by atoms with E-state index in [0.717, 1.165) is 5.56 Å². The van der Waals surface area contributed by atoms with E-state index in [0.29, 0.717) is 39.9 Å². The first-order valence-corrected chi connectivity index (χ1v) is 11.8. The highest BCUT2D eigenvalue weighted by molar-refractivity contribution is 9.11. The molecular formula is C23H25Br2FN2O4. The first-order valence-electron chi connectivity index (χ1n) is 10.2. The largest absolute Gasteiger partial charge is 0.481 e. The first-order chi connectivity index (χ1) is 15.2. The number of hydrogen-bond acceptors (Lipinski definition) is 5. The topological polar surface area (TPSA) is 59.1 Å². The monoisotopic (exact) mass is 570 g/mol. The van der Waals surface area contributed by atoms with Gasteiger partial charge in [-0.25, -0.2) is 9.18 Å². The van der Waals surface area contributed by atoms with Crippen molar-refractivity contribution in [2.45, 2.75) is 32.5 Å². The van der Waals surface area contributed by atoms with Crippen LogP contribution in [0.3, 0.4) is 0 Å². The second-order valence-corrected chi connectivity index (χ2v) is 9.56. The molecule has 1 heterocycles. The quantitative estimate of drug-likeness (QED) is 0.473. The van der Waals surface area contributed by atoms with Crippen molar-refractivity contribution < 1.29 is 23.5 Å². The number of halogens is 3. The molecule has 0 aliphatic carbocycles. The molecule has 1 saturated heterocycles. The second-order valence-electron chi connectivity index (χ2n) is 7.85. The van der Waals surface area contributed by atoms with Gasteiger partial charge in [0.15, 0.2) is 6.61 Å². The lowest BCUT2D eigenvalue weighted by Crippen LogP contribution is -2.58. The summed E-state index contributed by atoms with van der Waals surface area (Å²) in [4.78, 5) is 28.8. The number of ether oxygens (including phenoxy) is 2. The van der Waals surface area contributed by atoms with Crippen LogP contribution in [0, 0.1) is 5.82 Å². The molecule has 0 aromatic heterocycles. The number of nitrogens with zero attached hydrogens (tertiary/aromatic N) is 2. The van der Waals surface area contributed by atoms with E-state index < -0.39 is 5.97 Å². The van der Waals surface area contributed by atoms with Crippen LogP contribution in [0.2, 0.25) is 0 Å². The first kappa shape index (κ1) is 24.7. The fourth-order valence-electron chi connectivity index (χ4n) is 3.74. The Balaban J connectivity index is 1.60. The summed E-state index contributed by atoms with van der Waals surface area (Å²) < 4.78 is 24.8. The number of hydrogen-bond donors (Lipinski definition) is 0. The summed E-state index contributed by atoms with van der Waals surface area (Å²) in [7, 11) is 1.31. The molecule has 0 spiro atoms. The van der Waals surface area contributed by atoms with Crippen molar-refractivity contribution in [3.63, 3.8) is 0 Å². The maximum atomic E-state index is 13.2. The van der Waals surface area contributed by atoms with Crippen molar-refractivity contribution in [2.24, 2.45) is 0 Å². The van der Waals surface area contributed by atoms with Gasteiger partial charge in [0, 0.05) is 31.7 Å². The van der Waals surface area contributed by atoms with Gasteiger partial charge in [-0.3, -0.25) is 9.69 Å². The number of methoxy groups -OCH3 is 1. The summed E-state index contributed by atoms with van der Waals surface area (Å²) in [5.74, 6) is -0.373. The maximum absolute atomic E-state index is 13.2. The van der Waals surface area contributed by atoms with Crippen molar-refractivity contribution in [2.75, 3.05) is 26.8 Å². The Morgan fingerprint density at radius 2 is 1.69 bits per heavy atom. The highest BCUT2D eigenvalue weighted by Gasteiger charge is 2.32. The fraction of sp³-hybridized carbons (Fsp3) is 0.391. The molecule has 1 amide bonds. The number of carbonyl (C=O) groups excluding carboxylic acids is 2. The van der Waals surface area contributed by atoms with E-state index in [4.69, 9.17) is 9.47 Å². The lowest BCUT2D eigenvalue weighted by Gasteiger charge is -2.44. The Bertz CT molecular complexity index is 963. The molecule has 3 rings (SSSR count). The maximum Gasteiger partial charge on any atom is 0.337 e. The van der Waals surface area contributed by atoms with E-state index in [-0.39, 0.29) is 30.4 Å². The molecule has 0 saturated carbocycles. The summed E-state index contributed by atoms with van der Waals surface area (Å²) >= 11 is 6.78. The number of rotatable bonds is 6. The van der Waals surface area contributed by atoms with Crippen molar-refractivity contribution in [1.29, 1.82) is 0 Å². The van der Waals surface area contributed by atoms with Crippen molar-refractivity contribution in [1.82, 2.24) is 9.80 Å². The normalized spacial score (nSPS) is 19.0. The molecule has 1 aliphatic rings. The molecule has 9 heteroatoms. The van der Waals surface area contributed by atoms with Crippen LogP contribution < -0.4 is 4.74 Å². The molecule has 0 N–H and O–H groups in total. The third-order valence-corrected chi connectivity index (χ3v) is 6.67. The Hall–Kier alpha value is -1.97. The molecular weight excluding hydrogens is 547 g/mol. The number of carbonyl (C=O) groups is 2. The minimum Gasteiger partial charge on any atom is -0.481 e. The Labute approximate surface area is 203 Å². The molecule has 0 unspecified atom stereocenters. The zero-order valence-corrected chi connectivity index (χ0v) is 21.3. The van der Waals surface area contributed by atoms with Gasteiger partial charge in [0.05, 0.1) is 21.6 Å². The van der Waals surface area contributed by atoms with Crippen LogP contribution >= 0.6 is 31.9 Å². The van der Waals surface area contributed by atoms with Crippen molar-refractivity contribution in [3.8, 4) is 5.75 Å². The van der Waals surface area contributed by atoms with Crippen LogP contribution in [-0.4, -0.2) is 60.6 Å². The van der Waals surface area contributed by atoms with E-state index in [9.17, 15) is 14.0 Å². The minimum atomic E-state index is -0.463. The average Bonchev–Trinajstić information content (AvgIpc) is 2.76. The zero-order chi connectivity index (χ0) is 23.4. The molecule has 6 nitrogen and oxygen atoms in total. The smallest absolute Gasteiger partial charge is 0.337 e. The van der Waals surface area contributed by atoms with Crippen LogP contribution in [0.1, 0.15) is 29.8 Å². The molecule has 1 fully saturated rings. The van der Waals surface area contributed by atoms with Gasteiger partial charge in [-0.05, 0) is 75.5 Å². The average molecular weight is 572 g/mol. The van der Waals surface area contributed by atoms with Gasteiger partial charge in [0.25, 0.3) is 5.91 Å². The van der Waals surface area contributed by atoms with Gasteiger partial charge >= 0.3 is 5.97 Å². The summed E-state index contributed by atoms with van der Waals surface area (Å²) in [5, 5.41) is 0. The predicted octanol–water partition coefficient (Wildman–Crippen LogP) is 4.64. The standard InChI is InChI=1S/C23H25Br2FN2O4/c1-14-11-28(15(2)10-27(14)12-16-4-6-18(26)7-5-16)21(29)13-32-22-19(24)8-17(9-20(22)25)23(30)31-3/h4-9,14-15H,10-13H2,1-3H3/t14-,15+/m0/s1. The SMILES string of the molecule is COC(=O)c1cc(Br)c(OCC(=O)N2C[C@H](C)N(Cc3ccc(F)cc3)C[C@H]2C)c(Br)c1. The Morgan fingerprint density at radius 3 is 2.28 bits per heavy atom. The van der Waals surface area contributed by atoms with Gasteiger partial charge in [-0.2, -0.15) is 0 Å². The van der Waals surface area contributed by atoms with Crippen molar-refractivity contribution >= 4 is 43.7 Å². The number of amides is 1. The molecule has 0 radical (unpaired) electrons. The summed E-state index contributed by atoms with van der Waals surface area (Å²) in [6.45, 7) is 5.97. The van der Waals surface area contributed by atoms with E-state index in [2.05, 4.69) is 43.7 Å². The fourth-order valence-corrected chi connectivity index (χ4v) is 5.16. The molecule has 2 atom stereocenters. The highest BCUT2D eigenvalue weighted by Crippen LogP contribution is 2.35. The van der Waals surface area contributed by atoms with Crippen LogP contribution in [0.4, 0.5) is 4.39 Å². The summed E-state index contributed by atoms with van der Waals surface area (Å²) in [6, 6.07) is 9.86. The zero-order valence-electron chi connectivity index (χ0n) is 18.1. The van der Waals surface area contributed by atoms with E-state index in [1.165, 1.54) is 19.2 Å². The second kappa shape index (κ2) is 10.8. The third kappa shape index (κ3) is 5.88. The molecule has 172 valence electrons. The lowest BCUT2D eigenvalue weighted by atomic mass is 10.1. The van der Waals surface area contributed by atoms with Gasteiger partial charge < -0.3 is 14.4 Å². The predicted molar refractivity (Wildman–Crippen MR) is 126 cm³/mol. The van der Waals surface area contributed by atoms with E-state index in [1.54, 1.807) is 24.3 Å². The van der Waals surface area contributed by atoms with Gasteiger partial charge in [-0.1, -0.05) is 12.1 Å². The Morgan fingerprint density at radius 1 is 1.06 bits per heavy atom. The van der Waals surface area contributed by atoms with Crippen LogP contribution in [0.5, 0.6) is 5.75 Å². The summed E-state index contributed by atoms with van der Waals surface area (Å²) in [6.07, 6.45) is 0. The number of piperazine rings is 1. The number of esters is 1. The third-order valence-electron chi connectivity index (χ3n) is 5.49. The van der Waals surface area contributed by atoms with E-state index >= 15 is 0 Å². The van der Waals surface area contributed by atoms with Gasteiger partial charge in [-0.15, -0.1) is 0 Å². The van der Waals surface area contributed by atoms with E-state index in [1.807, 2.05) is 11.8 Å². The van der Waals surface area contributed by atoms with Crippen LogP contribution in [0.25, 0.3) is 0 Å². The minimum absolute atomic E-state index is 0.0105. The molecule has 2 aromatic rings. The Kier molecular flexibility index (Phi) is 8.30. The number of benzene rings is 2. The molecule has 1 aliphatic heterocycles. The highest BCUT2D eigenvalue weighted by atomic mass is 79.9. The molecule has 32 heavy (non-hydrogen) atoms. The molecule has 0 bridgehead atoms. The van der Waals surface area contributed by atoms with Crippen LogP contribution in [0.15, 0.2) is 45.3 Å². The molecule has 2 aromatic carbocycles. The van der Waals surface area contributed by atoms with Gasteiger partial charge in [0.1, 0.15) is 11.6 Å². The lowest BCUT2D eigenvalue weighted by molar-refractivity contribution is -0.139. The van der Waals surface area contributed by atoms with Crippen molar-refractivity contribution in [3.05, 3.63) is 62.3 Å². The summed E-state index contributed by atoms with van der Waals surface area (Å²) in [5.41, 5.74) is 1.41. The van der Waals surface area contributed by atoms with Crippen LogP contribution in [-0.2, 0) is 16.1 Å².